The number of aromatic nitrogens is 2. The minimum absolute atomic E-state index is 0.622. The first-order valence-electron chi connectivity index (χ1n) is 4.45. The van der Waals surface area contributed by atoms with Crippen molar-refractivity contribution >= 4 is 22.6 Å². The maximum absolute atomic E-state index is 5.39. The third-order valence-corrected chi connectivity index (χ3v) is 2.18. The maximum atomic E-state index is 5.39. The minimum atomic E-state index is 0.622. The fourth-order valence-electron chi connectivity index (χ4n) is 0.910. The van der Waals surface area contributed by atoms with Crippen LogP contribution in [-0.4, -0.2) is 16.8 Å². The second-order valence-electron chi connectivity index (χ2n) is 2.75. The Morgan fingerprint density at radius 3 is 2.77 bits per heavy atom. The molecule has 0 spiro atoms. The molecule has 1 rings (SSSR count). The topological polar surface area (TPSA) is 35.0 Å². The van der Waals surface area contributed by atoms with Crippen molar-refractivity contribution in [3.05, 3.63) is 15.8 Å². The predicted molar refractivity (Wildman–Crippen MR) is 59.8 cm³/mol. The van der Waals surface area contributed by atoms with Gasteiger partial charge in [0.1, 0.15) is 3.70 Å². The first-order chi connectivity index (χ1) is 6.33. The largest absolute Gasteiger partial charge is 0.477 e. The standard InChI is InChI=1S/C9H13IN2O/c1-2-3-4-7-13-9-6-5-8(10)11-12-9/h5-6H,2-4,7H2,1H3. The van der Waals surface area contributed by atoms with Gasteiger partial charge in [0, 0.05) is 6.07 Å². The molecule has 1 aromatic heterocycles. The van der Waals surface area contributed by atoms with Crippen LogP contribution in [0.25, 0.3) is 0 Å². The van der Waals surface area contributed by atoms with Crippen molar-refractivity contribution in [2.75, 3.05) is 6.61 Å². The highest BCUT2D eigenvalue weighted by Gasteiger charge is 1.95. The first-order valence-corrected chi connectivity index (χ1v) is 5.53. The molecule has 0 aliphatic carbocycles. The van der Waals surface area contributed by atoms with Gasteiger partial charge in [-0.15, -0.1) is 10.2 Å². The summed E-state index contributed by atoms with van der Waals surface area (Å²) in [5.74, 6) is 0.622. The fraction of sp³-hybridized carbons (Fsp3) is 0.556. The number of hydrogen-bond donors (Lipinski definition) is 0. The Morgan fingerprint density at radius 1 is 1.31 bits per heavy atom. The van der Waals surface area contributed by atoms with E-state index in [0.29, 0.717) is 5.88 Å². The summed E-state index contributed by atoms with van der Waals surface area (Å²) in [4.78, 5) is 0. The average molecular weight is 292 g/mol. The van der Waals surface area contributed by atoms with Crippen LogP contribution >= 0.6 is 22.6 Å². The molecule has 0 atom stereocenters. The van der Waals surface area contributed by atoms with E-state index in [0.717, 1.165) is 16.7 Å². The predicted octanol–water partition coefficient (Wildman–Crippen LogP) is 2.65. The number of hydrogen-bond acceptors (Lipinski definition) is 3. The van der Waals surface area contributed by atoms with Crippen LogP contribution in [0.15, 0.2) is 12.1 Å². The van der Waals surface area contributed by atoms with Gasteiger partial charge >= 0.3 is 0 Å². The van der Waals surface area contributed by atoms with Crippen molar-refractivity contribution in [2.24, 2.45) is 0 Å². The Bertz CT molecular complexity index is 238. The molecule has 0 aliphatic heterocycles. The smallest absolute Gasteiger partial charge is 0.233 e. The SMILES string of the molecule is CCCCCOc1ccc(I)nn1. The molecule has 0 bridgehead atoms. The van der Waals surface area contributed by atoms with Gasteiger partial charge in [0.05, 0.1) is 6.61 Å². The quantitative estimate of drug-likeness (QED) is 0.618. The van der Waals surface area contributed by atoms with E-state index in [2.05, 4.69) is 39.7 Å². The van der Waals surface area contributed by atoms with Crippen molar-refractivity contribution in [3.63, 3.8) is 0 Å². The molecule has 0 aromatic carbocycles. The summed E-state index contributed by atoms with van der Waals surface area (Å²) in [5, 5.41) is 7.79. The molecule has 0 radical (unpaired) electrons. The van der Waals surface area contributed by atoms with Crippen molar-refractivity contribution < 1.29 is 4.74 Å². The van der Waals surface area contributed by atoms with E-state index >= 15 is 0 Å². The highest BCUT2D eigenvalue weighted by Crippen LogP contribution is 2.07. The van der Waals surface area contributed by atoms with E-state index in [9.17, 15) is 0 Å². The summed E-state index contributed by atoms with van der Waals surface area (Å²) in [5.41, 5.74) is 0. The lowest BCUT2D eigenvalue weighted by Crippen LogP contribution is -2.00. The molecular weight excluding hydrogens is 279 g/mol. The van der Waals surface area contributed by atoms with Crippen LogP contribution in [0, 0.1) is 3.70 Å². The monoisotopic (exact) mass is 292 g/mol. The molecule has 1 aromatic rings. The summed E-state index contributed by atoms with van der Waals surface area (Å²) in [6.07, 6.45) is 3.50. The van der Waals surface area contributed by atoms with Gasteiger partial charge in [0.25, 0.3) is 0 Å². The lowest BCUT2D eigenvalue weighted by atomic mass is 10.3. The molecule has 0 N–H and O–H groups in total. The number of halogens is 1. The van der Waals surface area contributed by atoms with Gasteiger partial charge in [-0.2, -0.15) is 0 Å². The van der Waals surface area contributed by atoms with Gasteiger partial charge in [-0.05, 0) is 35.1 Å². The van der Waals surface area contributed by atoms with Crippen LogP contribution < -0.4 is 4.74 Å². The molecule has 13 heavy (non-hydrogen) atoms. The van der Waals surface area contributed by atoms with Crippen molar-refractivity contribution in [1.82, 2.24) is 10.2 Å². The molecule has 0 amide bonds. The Balaban J connectivity index is 2.25. The summed E-state index contributed by atoms with van der Waals surface area (Å²) in [6, 6.07) is 3.74. The third kappa shape index (κ3) is 4.40. The van der Waals surface area contributed by atoms with Crippen molar-refractivity contribution in [3.8, 4) is 5.88 Å². The molecule has 72 valence electrons. The lowest BCUT2D eigenvalue weighted by molar-refractivity contribution is 0.291. The second kappa shape index (κ2) is 6.12. The van der Waals surface area contributed by atoms with E-state index < -0.39 is 0 Å². The highest BCUT2D eigenvalue weighted by atomic mass is 127. The van der Waals surface area contributed by atoms with Crippen molar-refractivity contribution in [1.29, 1.82) is 0 Å². The number of rotatable bonds is 5. The molecule has 4 heteroatoms. The fourth-order valence-corrected chi connectivity index (χ4v) is 1.20. The van der Waals surface area contributed by atoms with E-state index in [1.54, 1.807) is 0 Å². The van der Waals surface area contributed by atoms with Gasteiger partial charge in [-0.25, -0.2) is 0 Å². The van der Waals surface area contributed by atoms with E-state index in [4.69, 9.17) is 4.74 Å². The summed E-state index contributed by atoms with van der Waals surface area (Å²) < 4.78 is 6.27. The number of unbranched alkanes of at least 4 members (excludes halogenated alkanes) is 2. The first kappa shape index (κ1) is 10.7. The second-order valence-corrected chi connectivity index (χ2v) is 3.86. The maximum Gasteiger partial charge on any atom is 0.233 e. The molecule has 0 aliphatic rings. The molecule has 3 nitrogen and oxygen atoms in total. The molecule has 0 saturated heterocycles. The number of ether oxygens (including phenoxy) is 1. The van der Waals surface area contributed by atoms with Crippen LogP contribution in [0.2, 0.25) is 0 Å². The minimum Gasteiger partial charge on any atom is -0.477 e. The van der Waals surface area contributed by atoms with Crippen molar-refractivity contribution in [2.45, 2.75) is 26.2 Å². The normalized spacial score (nSPS) is 10.0. The van der Waals surface area contributed by atoms with Gasteiger partial charge in [-0.1, -0.05) is 19.8 Å². The Labute approximate surface area is 92.0 Å². The van der Waals surface area contributed by atoms with Gasteiger partial charge in [-0.3, -0.25) is 0 Å². The Hall–Kier alpha value is -0.390. The van der Waals surface area contributed by atoms with Gasteiger partial charge in [0.15, 0.2) is 0 Å². The van der Waals surface area contributed by atoms with E-state index in [1.807, 2.05) is 12.1 Å². The van der Waals surface area contributed by atoms with Crippen LogP contribution in [0.1, 0.15) is 26.2 Å². The molecular formula is C9H13IN2O. The Morgan fingerprint density at radius 2 is 2.15 bits per heavy atom. The zero-order valence-electron chi connectivity index (χ0n) is 7.66. The molecule has 0 fully saturated rings. The van der Waals surface area contributed by atoms with Crippen LogP contribution in [0.4, 0.5) is 0 Å². The highest BCUT2D eigenvalue weighted by molar-refractivity contribution is 14.1. The summed E-state index contributed by atoms with van der Waals surface area (Å²) in [7, 11) is 0. The zero-order valence-corrected chi connectivity index (χ0v) is 9.82. The molecule has 1 heterocycles. The van der Waals surface area contributed by atoms with Crippen LogP contribution in [-0.2, 0) is 0 Å². The van der Waals surface area contributed by atoms with Crippen LogP contribution in [0.5, 0.6) is 5.88 Å². The Kier molecular flexibility index (Phi) is 5.03. The van der Waals surface area contributed by atoms with E-state index in [1.165, 1.54) is 12.8 Å². The van der Waals surface area contributed by atoms with Crippen LogP contribution in [0.3, 0.4) is 0 Å². The van der Waals surface area contributed by atoms with Gasteiger partial charge in [0.2, 0.25) is 5.88 Å². The molecule has 0 saturated carbocycles. The summed E-state index contributed by atoms with van der Waals surface area (Å²) in [6.45, 7) is 2.91. The lowest BCUT2D eigenvalue weighted by Gasteiger charge is -2.02. The van der Waals surface area contributed by atoms with Gasteiger partial charge < -0.3 is 4.74 Å². The van der Waals surface area contributed by atoms with E-state index in [-0.39, 0.29) is 0 Å². The molecule has 0 unspecified atom stereocenters. The zero-order chi connectivity index (χ0) is 9.52. The number of nitrogens with zero attached hydrogens (tertiary/aromatic N) is 2. The summed E-state index contributed by atoms with van der Waals surface area (Å²) >= 11 is 2.12. The average Bonchev–Trinajstić information content (AvgIpc) is 2.15. The third-order valence-electron chi connectivity index (χ3n) is 1.61.